The van der Waals surface area contributed by atoms with Crippen LogP contribution in [0, 0.1) is 12.7 Å². The van der Waals surface area contributed by atoms with Crippen LogP contribution in [0.15, 0.2) is 29.2 Å². The quantitative estimate of drug-likeness (QED) is 0.829. The summed E-state index contributed by atoms with van der Waals surface area (Å²) in [5.41, 5.74) is 5.44. The molecule has 1 amide bonds. The number of nitrogens with one attached hydrogen (secondary N) is 1. The number of H-pyrrole nitrogens is 1. The van der Waals surface area contributed by atoms with Crippen LogP contribution < -0.4 is 11.3 Å². The number of carbonyl (C=O) groups is 1. The molecule has 0 aliphatic heterocycles. The molecule has 0 aliphatic rings. The van der Waals surface area contributed by atoms with E-state index in [0.717, 1.165) is 0 Å². The molecule has 0 atom stereocenters. The van der Waals surface area contributed by atoms with Crippen LogP contribution in [0.25, 0.3) is 11.1 Å². The van der Waals surface area contributed by atoms with Crippen LogP contribution in [0.1, 0.15) is 15.9 Å². The number of aromatic amines is 1. The summed E-state index contributed by atoms with van der Waals surface area (Å²) in [6.45, 7) is 1.45. The van der Waals surface area contributed by atoms with Gasteiger partial charge in [-0.05, 0) is 36.2 Å². The molecule has 92 valence electrons. The molecule has 18 heavy (non-hydrogen) atoms. The van der Waals surface area contributed by atoms with Crippen molar-refractivity contribution in [3.05, 3.63) is 51.7 Å². The molecule has 0 radical (unpaired) electrons. The van der Waals surface area contributed by atoms with Gasteiger partial charge in [0.2, 0.25) is 5.91 Å². The molecule has 6 heteroatoms. The van der Waals surface area contributed by atoms with Crippen molar-refractivity contribution in [2.75, 3.05) is 0 Å². The zero-order chi connectivity index (χ0) is 13.3. The van der Waals surface area contributed by atoms with E-state index in [0.29, 0.717) is 0 Å². The highest BCUT2D eigenvalue weighted by molar-refractivity contribution is 5.95. The minimum Gasteiger partial charge on any atom is -0.366 e. The van der Waals surface area contributed by atoms with Gasteiger partial charge in [0.05, 0.1) is 5.56 Å². The van der Waals surface area contributed by atoms with Crippen molar-refractivity contribution >= 4 is 5.91 Å². The number of rotatable bonds is 2. The zero-order valence-corrected chi connectivity index (χ0v) is 9.53. The minimum atomic E-state index is -0.737. The van der Waals surface area contributed by atoms with Crippen molar-refractivity contribution in [3.8, 4) is 11.1 Å². The van der Waals surface area contributed by atoms with E-state index in [1.54, 1.807) is 0 Å². The molecule has 3 N–H and O–H groups in total. The van der Waals surface area contributed by atoms with E-state index in [4.69, 9.17) is 5.73 Å². The summed E-state index contributed by atoms with van der Waals surface area (Å²) in [7, 11) is 0. The third kappa shape index (κ3) is 2.00. The summed E-state index contributed by atoms with van der Waals surface area (Å²) >= 11 is 0. The van der Waals surface area contributed by atoms with Crippen LogP contribution >= 0.6 is 0 Å². The van der Waals surface area contributed by atoms with Crippen LogP contribution in [-0.4, -0.2) is 16.1 Å². The fourth-order valence-electron chi connectivity index (χ4n) is 1.66. The molecule has 0 aliphatic carbocycles. The first-order valence-electron chi connectivity index (χ1n) is 5.14. The number of aromatic nitrogens is 2. The van der Waals surface area contributed by atoms with Gasteiger partial charge in [-0.2, -0.15) is 5.10 Å². The molecule has 0 spiro atoms. The second-order valence-electron chi connectivity index (χ2n) is 3.79. The van der Waals surface area contributed by atoms with Crippen molar-refractivity contribution in [3.63, 3.8) is 0 Å². The summed E-state index contributed by atoms with van der Waals surface area (Å²) in [4.78, 5) is 22.7. The normalized spacial score (nSPS) is 10.3. The first-order valence-corrected chi connectivity index (χ1v) is 5.14. The van der Waals surface area contributed by atoms with Crippen molar-refractivity contribution < 1.29 is 9.18 Å². The Bertz CT molecular complexity index is 679. The standard InChI is InChI=1S/C12H10FN3O2/c1-6-9(11(14)17)4-7(5-10(6)13)8-2-3-15-16-12(8)18/h2-5H,1H3,(H2,14,17)(H,16,18). The molecule has 0 fully saturated rings. The first kappa shape index (κ1) is 12.0. The van der Waals surface area contributed by atoms with Gasteiger partial charge in [-0.25, -0.2) is 9.49 Å². The molecule has 2 aromatic rings. The van der Waals surface area contributed by atoms with Crippen molar-refractivity contribution in [2.45, 2.75) is 6.92 Å². The number of nitrogens with zero attached hydrogens (tertiary/aromatic N) is 1. The van der Waals surface area contributed by atoms with E-state index in [-0.39, 0.29) is 22.3 Å². The SMILES string of the molecule is Cc1c(F)cc(-c2ccn[nH]c2=O)cc1C(N)=O. The van der Waals surface area contributed by atoms with Gasteiger partial charge in [-0.3, -0.25) is 9.59 Å². The van der Waals surface area contributed by atoms with Gasteiger partial charge in [0, 0.05) is 11.8 Å². The van der Waals surface area contributed by atoms with Gasteiger partial charge in [0.15, 0.2) is 0 Å². The molecule has 2 rings (SSSR count). The lowest BCUT2D eigenvalue weighted by Gasteiger charge is -2.07. The summed E-state index contributed by atoms with van der Waals surface area (Å²) in [5, 5.41) is 5.78. The van der Waals surface area contributed by atoms with Crippen molar-refractivity contribution in [2.24, 2.45) is 5.73 Å². The fraction of sp³-hybridized carbons (Fsp3) is 0.0833. The molecule has 1 aromatic heterocycles. The Kier molecular flexibility index (Phi) is 2.93. The molecule has 1 aromatic carbocycles. The molecular formula is C12H10FN3O2. The Balaban J connectivity index is 2.71. The second kappa shape index (κ2) is 4.40. The van der Waals surface area contributed by atoms with E-state index in [1.807, 2.05) is 0 Å². The molecule has 0 unspecified atom stereocenters. The van der Waals surface area contributed by atoms with Gasteiger partial charge < -0.3 is 5.73 Å². The smallest absolute Gasteiger partial charge is 0.272 e. The van der Waals surface area contributed by atoms with Gasteiger partial charge in [0.25, 0.3) is 5.56 Å². The Morgan fingerprint density at radius 3 is 2.78 bits per heavy atom. The molecule has 0 saturated heterocycles. The van der Waals surface area contributed by atoms with Crippen LogP contribution in [0.4, 0.5) is 4.39 Å². The minimum absolute atomic E-state index is 0.0567. The maximum absolute atomic E-state index is 13.7. The highest BCUT2D eigenvalue weighted by Crippen LogP contribution is 2.22. The summed E-state index contributed by atoms with van der Waals surface area (Å²) < 4.78 is 13.7. The summed E-state index contributed by atoms with van der Waals surface area (Å²) in [6.07, 6.45) is 1.37. The number of primary amides is 1. The monoisotopic (exact) mass is 247 g/mol. The average Bonchev–Trinajstić information content (AvgIpc) is 2.33. The largest absolute Gasteiger partial charge is 0.366 e. The van der Waals surface area contributed by atoms with E-state index in [1.165, 1.54) is 31.3 Å². The average molecular weight is 247 g/mol. The Morgan fingerprint density at radius 1 is 1.44 bits per heavy atom. The fourth-order valence-corrected chi connectivity index (χ4v) is 1.66. The van der Waals surface area contributed by atoms with E-state index in [2.05, 4.69) is 10.2 Å². The second-order valence-corrected chi connectivity index (χ2v) is 3.79. The van der Waals surface area contributed by atoms with Crippen molar-refractivity contribution in [1.82, 2.24) is 10.2 Å². The topological polar surface area (TPSA) is 88.8 Å². The lowest BCUT2D eigenvalue weighted by molar-refractivity contribution is 0.0999. The summed E-state index contributed by atoms with van der Waals surface area (Å²) in [6, 6.07) is 4.02. The molecule has 1 heterocycles. The highest BCUT2D eigenvalue weighted by atomic mass is 19.1. The molecular weight excluding hydrogens is 237 g/mol. The Labute approximate surface area is 101 Å². The van der Waals surface area contributed by atoms with E-state index < -0.39 is 17.3 Å². The highest BCUT2D eigenvalue weighted by Gasteiger charge is 2.13. The predicted octanol–water partition coefficient (Wildman–Crippen LogP) is 0.983. The lowest BCUT2D eigenvalue weighted by Crippen LogP contribution is -2.15. The molecule has 0 bridgehead atoms. The van der Waals surface area contributed by atoms with Gasteiger partial charge >= 0.3 is 0 Å². The molecule has 0 saturated carbocycles. The first-order chi connectivity index (χ1) is 8.50. The Hall–Kier alpha value is -2.50. The number of hydrogen-bond donors (Lipinski definition) is 2. The van der Waals surface area contributed by atoms with E-state index >= 15 is 0 Å². The van der Waals surface area contributed by atoms with Crippen molar-refractivity contribution in [1.29, 1.82) is 0 Å². The van der Waals surface area contributed by atoms with Crippen LogP contribution in [0.2, 0.25) is 0 Å². The number of hydrogen-bond acceptors (Lipinski definition) is 3. The van der Waals surface area contributed by atoms with Gasteiger partial charge in [-0.15, -0.1) is 0 Å². The lowest BCUT2D eigenvalue weighted by atomic mass is 10.00. The molecule has 5 nitrogen and oxygen atoms in total. The van der Waals surface area contributed by atoms with Gasteiger partial charge in [0.1, 0.15) is 5.82 Å². The number of amides is 1. The number of halogens is 1. The Morgan fingerprint density at radius 2 is 2.17 bits per heavy atom. The van der Waals surface area contributed by atoms with Gasteiger partial charge in [-0.1, -0.05) is 0 Å². The van der Waals surface area contributed by atoms with Crippen LogP contribution in [0.5, 0.6) is 0 Å². The number of benzene rings is 1. The maximum Gasteiger partial charge on any atom is 0.272 e. The van der Waals surface area contributed by atoms with Crippen LogP contribution in [-0.2, 0) is 0 Å². The van der Waals surface area contributed by atoms with E-state index in [9.17, 15) is 14.0 Å². The third-order valence-electron chi connectivity index (χ3n) is 2.65. The third-order valence-corrected chi connectivity index (χ3v) is 2.65. The number of carbonyl (C=O) groups excluding carboxylic acids is 1. The summed E-state index contributed by atoms with van der Waals surface area (Å²) in [5.74, 6) is -1.32. The maximum atomic E-state index is 13.7. The number of nitrogens with two attached hydrogens (primary N) is 1. The van der Waals surface area contributed by atoms with Crippen LogP contribution in [0.3, 0.4) is 0 Å². The predicted molar refractivity (Wildman–Crippen MR) is 63.5 cm³/mol. The zero-order valence-electron chi connectivity index (χ0n) is 9.53.